The third-order valence-corrected chi connectivity index (χ3v) is 3.93. The van der Waals surface area contributed by atoms with Gasteiger partial charge in [-0.25, -0.2) is 0 Å². The molecule has 0 spiro atoms. The summed E-state index contributed by atoms with van der Waals surface area (Å²) in [4.78, 5) is 12.2. The number of aryl methyl sites for hydroxylation is 1. The summed E-state index contributed by atoms with van der Waals surface area (Å²) in [6.45, 7) is 3.00. The number of ether oxygens (including phenoxy) is 3. The molecule has 3 rings (SSSR count). The lowest BCUT2D eigenvalue weighted by molar-refractivity contribution is 0.0920. The number of hydrogen-bond donors (Lipinski definition) is 0. The number of benzene rings is 2. The number of ketones is 1. The first-order valence-corrected chi connectivity index (χ1v) is 7.74. The molecule has 4 nitrogen and oxygen atoms in total. The van der Waals surface area contributed by atoms with Crippen LogP contribution in [0.4, 0.5) is 0 Å². The first kappa shape index (κ1) is 14.9. The van der Waals surface area contributed by atoms with Crippen LogP contribution < -0.4 is 14.2 Å². The minimum Gasteiger partial charge on any atom is -0.486 e. The molecule has 1 aliphatic heterocycles. The van der Waals surface area contributed by atoms with Crippen LogP contribution in [-0.2, 0) is 0 Å². The smallest absolute Gasteiger partial charge is 0.200 e. The Kier molecular flexibility index (Phi) is 4.34. The van der Waals surface area contributed by atoms with Crippen LogP contribution in [-0.4, -0.2) is 25.6 Å². The molecule has 0 saturated heterocycles. The second-order valence-corrected chi connectivity index (χ2v) is 5.86. The summed E-state index contributed by atoms with van der Waals surface area (Å²) in [5.41, 5.74) is 1.67. The molecule has 1 heterocycles. The van der Waals surface area contributed by atoms with E-state index in [0.29, 0.717) is 36.0 Å². The van der Waals surface area contributed by atoms with E-state index in [1.807, 2.05) is 25.1 Å². The number of Topliss-reactive ketones (excluding diaryl/α,β-unsaturated/α-hetero) is 1. The average molecular weight is 363 g/mol. The van der Waals surface area contributed by atoms with E-state index in [-0.39, 0.29) is 12.4 Å². The quantitative estimate of drug-likeness (QED) is 0.776. The number of rotatable bonds is 4. The molecule has 2 aromatic rings. The lowest BCUT2D eigenvalue weighted by Crippen LogP contribution is -2.17. The van der Waals surface area contributed by atoms with Gasteiger partial charge in [-0.1, -0.05) is 6.07 Å². The van der Waals surface area contributed by atoms with Crippen LogP contribution in [0.5, 0.6) is 17.2 Å². The minimum absolute atomic E-state index is 0.0265. The molecule has 2 aromatic carbocycles. The van der Waals surface area contributed by atoms with Crippen LogP contribution in [0.3, 0.4) is 0 Å². The van der Waals surface area contributed by atoms with Crippen molar-refractivity contribution in [2.45, 2.75) is 6.92 Å². The van der Waals surface area contributed by atoms with Crippen LogP contribution in [0.2, 0.25) is 0 Å². The number of fused-ring (bicyclic) bond motifs is 1. The van der Waals surface area contributed by atoms with Gasteiger partial charge in [0.2, 0.25) is 0 Å². The van der Waals surface area contributed by atoms with Gasteiger partial charge in [0.15, 0.2) is 23.9 Å². The van der Waals surface area contributed by atoms with E-state index in [2.05, 4.69) is 15.9 Å². The second kappa shape index (κ2) is 6.40. The molecule has 0 amide bonds. The monoisotopic (exact) mass is 362 g/mol. The van der Waals surface area contributed by atoms with Crippen molar-refractivity contribution in [3.05, 3.63) is 52.0 Å². The van der Waals surface area contributed by atoms with Crippen LogP contribution in [0.15, 0.2) is 40.9 Å². The van der Waals surface area contributed by atoms with Crippen molar-refractivity contribution in [1.29, 1.82) is 0 Å². The lowest BCUT2D eigenvalue weighted by Gasteiger charge is -2.18. The Hall–Kier alpha value is -2.01. The molecule has 0 saturated carbocycles. The van der Waals surface area contributed by atoms with Crippen LogP contribution in [0.25, 0.3) is 0 Å². The van der Waals surface area contributed by atoms with Crippen LogP contribution >= 0.6 is 15.9 Å². The van der Waals surface area contributed by atoms with E-state index in [1.54, 1.807) is 18.2 Å². The molecule has 22 heavy (non-hydrogen) atoms. The van der Waals surface area contributed by atoms with Crippen molar-refractivity contribution >= 4 is 21.7 Å². The van der Waals surface area contributed by atoms with Crippen molar-refractivity contribution in [3.8, 4) is 17.2 Å². The van der Waals surface area contributed by atoms with Crippen LogP contribution in [0, 0.1) is 6.92 Å². The van der Waals surface area contributed by atoms with Gasteiger partial charge >= 0.3 is 0 Å². The van der Waals surface area contributed by atoms with E-state index in [9.17, 15) is 4.79 Å². The highest BCUT2D eigenvalue weighted by atomic mass is 79.9. The highest BCUT2D eigenvalue weighted by molar-refractivity contribution is 9.10. The summed E-state index contributed by atoms with van der Waals surface area (Å²) < 4.78 is 17.3. The summed E-state index contributed by atoms with van der Waals surface area (Å²) in [5, 5.41) is 0. The summed E-state index contributed by atoms with van der Waals surface area (Å²) in [6.07, 6.45) is 0. The Labute approximate surface area is 137 Å². The molecule has 0 bridgehead atoms. The zero-order valence-corrected chi connectivity index (χ0v) is 13.7. The van der Waals surface area contributed by atoms with Gasteiger partial charge in [0, 0.05) is 5.56 Å². The minimum atomic E-state index is -0.107. The van der Waals surface area contributed by atoms with E-state index in [4.69, 9.17) is 14.2 Å². The molecule has 1 aliphatic rings. The molecule has 5 heteroatoms. The topological polar surface area (TPSA) is 44.8 Å². The second-order valence-electron chi connectivity index (χ2n) is 5.00. The molecule has 0 aromatic heterocycles. The molecular weight excluding hydrogens is 348 g/mol. The van der Waals surface area contributed by atoms with Crippen molar-refractivity contribution in [2.75, 3.05) is 19.8 Å². The van der Waals surface area contributed by atoms with Crippen molar-refractivity contribution < 1.29 is 19.0 Å². The molecule has 0 N–H and O–H groups in total. The zero-order chi connectivity index (χ0) is 15.5. The molecule has 0 aliphatic carbocycles. The van der Waals surface area contributed by atoms with Crippen molar-refractivity contribution in [1.82, 2.24) is 0 Å². The maximum atomic E-state index is 12.2. The highest BCUT2D eigenvalue weighted by Gasteiger charge is 2.15. The van der Waals surface area contributed by atoms with Gasteiger partial charge < -0.3 is 14.2 Å². The number of hydrogen-bond acceptors (Lipinski definition) is 4. The Balaban J connectivity index is 1.69. The maximum absolute atomic E-state index is 12.2. The zero-order valence-electron chi connectivity index (χ0n) is 12.1. The van der Waals surface area contributed by atoms with E-state index in [1.165, 1.54) is 0 Å². The number of halogens is 1. The Morgan fingerprint density at radius 1 is 1.14 bits per heavy atom. The van der Waals surface area contributed by atoms with Crippen LogP contribution in [0.1, 0.15) is 15.9 Å². The summed E-state index contributed by atoms with van der Waals surface area (Å²) in [5.74, 6) is 1.82. The molecule has 0 unspecified atom stereocenters. The van der Waals surface area contributed by atoms with Gasteiger partial charge in [-0.15, -0.1) is 0 Å². The van der Waals surface area contributed by atoms with Gasteiger partial charge in [0.1, 0.15) is 19.0 Å². The van der Waals surface area contributed by atoms with Crippen molar-refractivity contribution in [3.63, 3.8) is 0 Å². The SMILES string of the molecule is Cc1ccc(OCC(=O)c2ccc3c(c2)OCCO3)c(Br)c1. The lowest BCUT2D eigenvalue weighted by atomic mass is 10.1. The Morgan fingerprint density at radius 3 is 2.68 bits per heavy atom. The Bertz CT molecular complexity index is 712. The number of carbonyl (C=O) groups excluding carboxylic acids is 1. The molecule has 114 valence electrons. The van der Waals surface area contributed by atoms with Gasteiger partial charge in [0.25, 0.3) is 0 Å². The summed E-state index contributed by atoms with van der Waals surface area (Å²) in [6, 6.07) is 10.9. The molecule has 0 radical (unpaired) electrons. The fourth-order valence-electron chi connectivity index (χ4n) is 2.17. The van der Waals surface area contributed by atoms with Gasteiger partial charge in [-0.05, 0) is 58.7 Å². The Morgan fingerprint density at radius 2 is 1.91 bits per heavy atom. The average Bonchev–Trinajstić information content (AvgIpc) is 2.53. The van der Waals surface area contributed by atoms with E-state index in [0.717, 1.165) is 10.0 Å². The first-order chi connectivity index (χ1) is 10.6. The fourth-order valence-corrected chi connectivity index (χ4v) is 2.77. The van der Waals surface area contributed by atoms with E-state index >= 15 is 0 Å². The third-order valence-electron chi connectivity index (χ3n) is 3.31. The molecular formula is C17H15BrO4. The summed E-state index contributed by atoms with van der Waals surface area (Å²) in [7, 11) is 0. The fraction of sp³-hybridized carbons (Fsp3) is 0.235. The first-order valence-electron chi connectivity index (χ1n) is 6.95. The van der Waals surface area contributed by atoms with Gasteiger partial charge in [0.05, 0.1) is 4.47 Å². The van der Waals surface area contributed by atoms with Crippen molar-refractivity contribution in [2.24, 2.45) is 0 Å². The largest absolute Gasteiger partial charge is 0.486 e. The molecule has 0 fully saturated rings. The van der Waals surface area contributed by atoms with Gasteiger partial charge in [-0.2, -0.15) is 0 Å². The van der Waals surface area contributed by atoms with E-state index < -0.39 is 0 Å². The summed E-state index contributed by atoms with van der Waals surface area (Å²) >= 11 is 3.43. The van der Waals surface area contributed by atoms with Gasteiger partial charge in [-0.3, -0.25) is 4.79 Å². The molecule has 0 atom stereocenters. The maximum Gasteiger partial charge on any atom is 0.200 e. The third kappa shape index (κ3) is 3.25. The predicted molar refractivity (Wildman–Crippen MR) is 86.1 cm³/mol. The standard InChI is InChI=1S/C17H15BrO4/c1-11-2-4-15(13(18)8-11)22-10-14(19)12-3-5-16-17(9-12)21-7-6-20-16/h2-5,8-9H,6-7,10H2,1H3. The highest BCUT2D eigenvalue weighted by Crippen LogP contribution is 2.31. The predicted octanol–water partition coefficient (Wildman–Crippen LogP) is 3.79. The number of carbonyl (C=O) groups is 1. The normalized spacial score (nSPS) is 12.8.